The third-order valence-corrected chi connectivity index (χ3v) is 2.14. The highest BCUT2D eigenvalue weighted by Gasteiger charge is 2.13. The quantitative estimate of drug-likeness (QED) is 0.830. The lowest BCUT2D eigenvalue weighted by Crippen LogP contribution is -2.24. The number of halogens is 1. The summed E-state index contributed by atoms with van der Waals surface area (Å²) in [6.07, 6.45) is -0.221. The van der Waals surface area contributed by atoms with Crippen LogP contribution in [0.15, 0.2) is 24.3 Å². The number of benzene rings is 1. The van der Waals surface area contributed by atoms with Crippen molar-refractivity contribution in [3.63, 3.8) is 0 Å². The number of hydrogen-bond donors (Lipinski definition) is 1. The van der Waals surface area contributed by atoms with Crippen molar-refractivity contribution in [1.82, 2.24) is 0 Å². The molecule has 4 heteroatoms. The van der Waals surface area contributed by atoms with E-state index in [4.69, 9.17) is 10.5 Å². The van der Waals surface area contributed by atoms with Gasteiger partial charge in [-0.15, -0.1) is 0 Å². The molecule has 0 heterocycles. The van der Waals surface area contributed by atoms with E-state index < -0.39 is 6.09 Å². The molecule has 0 radical (unpaired) electrons. The Morgan fingerprint density at radius 1 is 1.53 bits per heavy atom. The van der Waals surface area contributed by atoms with E-state index >= 15 is 0 Å². The van der Waals surface area contributed by atoms with E-state index in [9.17, 15) is 9.18 Å². The minimum Gasteiger partial charge on any atom is -0.446 e. The lowest BCUT2D eigenvalue weighted by molar-refractivity contribution is 0.103. The number of hydrogen-bond acceptors (Lipinski definition) is 2. The third kappa shape index (κ3) is 3.58. The van der Waals surface area contributed by atoms with Crippen LogP contribution in [-0.4, -0.2) is 12.2 Å². The van der Waals surface area contributed by atoms with E-state index in [1.165, 1.54) is 6.07 Å². The van der Waals surface area contributed by atoms with Crippen LogP contribution in [0.2, 0.25) is 0 Å². The van der Waals surface area contributed by atoms with Gasteiger partial charge in [0.1, 0.15) is 11.9 Å². The summed E-state index contributed by atoms with van der Waals surface area (Å²) in [5.74, 6) is -0.288. The van der Waals surface area contributed by atoms with Gasteiger partial charge in [-0.25, -0.2) is 9.18 Å². The molecule has 0 aromatic heterocycles. The van der Waals surface area contributed by atoms with Gasteiger partial charge >= 0.3 is 6.09 Å². The number of ether oxygens (including phenoxy) is 1. The van der Waals surface area contributed by atoms with Crippen molar-refractivity contribution in [2.45, 2.75) is 25.9 Å². The summed E-state index contributed by atoms with van der Waals surface area (Å²) in [4.78, 5) is 10.5. The van der Waals surface area contributed by atoms with Gasteiger partial charge in [-0.3, -0.25) is 0 Å². The van der Waals surface area contributed by atoms with Crippen molar-refractivity contribution >= 4 is 6.09 Å². The molecule has 0 saturated carbocycles. The lowest BCUT2D eigenvalue weighted by atomic mass is 10.1. The maximum Gasteiger partial charge on any atom is 0.404 e. The van der Waals surface area contributed by atoms with Crippen LogP contribution in [0.5, 0.6) is 0 Å². The predicted octanol–water partition coefficient (Wildman–Crippen LogP) is 2.24. The van der Waals surface area contributed by atoms with Gasteiger partial charge in [0.2, 0.25) is 0 Å². The SMILES string of the molecule is CCC(Cc1ccccc1F)OC(N)=O. The van der Waals surface area contributed by atoms with E-state index in [0.29, 0.717) is 18.4 Å². The number of rotatable bonds is 4. The summed E-state index contributed by atoms with van der Waals surface area (Å²) in [5.41, 5.74) is 5.44. The van der Waals surface area contributed by atoms with Gasteiger partial charge in [0, 0.05) is 6.42 Å². The molecule has 1 aromatic carbocycles. The zero-order valence-corrected chi connectivity index (χ0v) is 8.57. The summed E-state index contributed by atoms with van der Waals surface area (Å²) in [6.45, 7) is 1.86. The van der Waals surface area contributed by atoms with Crippen molar-refractivity contribution in [2.24, 2.45) is 5.73 Å². The molecule has 1 atom stereocenters. The highest BCUT2D eigenvalue weighted by molar-refractivity contribution is 5.64. The van der Waals surface area contributed by atoms with Crippen LogP contribution in [0.4, 0.5) is 9.18 Å². The fourth-order valence-electron chi connectivity index (χ4n) is 1.34. The molecule has 1 unspecified atom stereocenters. The zero-order valence-electron chi connectivity index (χ0n) is 8.57. The first-order chi connectivity index (χ1) is 7.13. The second-order valence-electron chi connectivity index (χ2n) is 3.26. The van der Waals surface area contributed by atoms with Gasteiger partial charge < -0.3 is 10.5 Å². The molecule has 1 aromatic rings. The van der Waals surface area contributed by atoms with Gasteiger partial charge in [-0.2, -0.15) is 0 Å². The van der Waals surface area contributed by atoms with Gasteiger partial charge in [-0.1, -0.05) is 25.1 Å². The Morgan fingerprint density at radius 3 is 2.73 bits per heavy atom. The largest absolute Gasteiger partial charge is 0.446 e. The summed E-state index contributed by atoms with van der Waals surface area (Å²) < 4.78 is 18.1. The molecule has 0 saturated heterocycles. The van der Waals surface area contributed by atoms with Crippen molar-refractivity contribution in [2.75, 3.05) is 0 Å². The van der Waals surface area contributed by atoms with Crippen molar-refractivity contribution in [3.8, 4) is 0 Å². The minimum atomic E-state index is -0.821. The van der Waals surface area contributed by atoms with Gasteiger partial charge in [0.25, 0.3) is 0 Å². The third-order valence-electron chi connectivity index (χ3n) is 2.14. The molecule has 82 valence electrons. The van der Waals surface area contributed by atoms with Gasteiger partial charge in [0.15, 0.2) is 0 Å². The second-order valence-corrected chi connectivity index (χ2v) is 3.26. The second kappa shape index (κ2) is 5.34. The molecule has 2 N–H and O–H groups in total. The van der Waals surface area contributed by atoms with Gasteiger partial charge in [-0.05, 0) is 18.1 Å². The fourth-order valence-corrected chi connectivity index (χ4v) is 1.34. The highest BCUT2D eigenvalue weighted by atomic mass is 19.1. The first kappa shape index (κ1) is 11.5. The van der Waals surface area contributed by atoms with Crippen LogP contribution in [0.3, 0.4) is 0 Å². The highest BCUT2D eigenvalue weighted by Crippen LogP contribution is 2.12. The first-order valence-electron chi connectivity index (χ1n) is 4.83. The van der Waals surface area contributed by atoms with Crippen molar-refractivity contribution < 1.29 is 13.9 Å². The van der Waals surface area contributed by atoms with Crippen LogP contribution in [0, 0.1) is 5.82 Å². The Kier molecular flexibility index (Phi) is 4.09. The molecule has 0 aliphatic carbocycles. The van der Waals surface area contributed by atoms with Crippen molar-refractivity contribution in [3.05, 3.63) is 35.6 Å². The summed E-state index contributed by atoms with van der Waals surface area (Å²) in [5, 5.41) is 0. The lowest BCUT2D eigenvalue weighted by Gasteiger charge is -2.14. The standard InChI is InChI=1S/C11H14FNO2/c1-2-9(15-11(13)14)7-8-5-3-4-6-10(8)12/h3-6,9H,2,7H2,1H3,(H2,13,14). The molecule has 1 rings (SSSR count). The summed E-state index contributed by atoms with van der Waals surface area (Å²) in [7, 11) is 0. The fraction of sp³-hybridized carbons (Fsp3) is 0.364. The average molecular weight is 211 g/mol. The molecule has 1 amide bonds. The smallest absolute Gasteiger partial charge is 0.404 e. The molecular weight excluding hydrogens is 197 g/mol. The average Bonchev–Trinajstić information content (AvgIpc) is 2.19. The molecule has 0 bridgehead atoms. The van der Waals surface area contributed by atoms with E-state index in [0.717, 1.165) is 0 Å². The Bertz CT molecular complexity index is 341. The number of nitrogens with two attached hydrogens (primary N) is 1. The Labute approximate surface area is 88.0 Å². The Morgan fingerprint density at radius 2 is 2.20 bits per heavy atom. The predicted molar refractivity (Wildman–Crippen MR) is 54.9 cm³/mol. The number of carbonyl (C=O) groups excluding carboxylic acids is 1. The number of carbonyl (C=O) groups is 1. The van der Waals surface area contributed by atoms with E-state index in [-0.39, 0.29) is 11.9 Å². The molecular formula is C11H14FNO2. The van der Waals surface area contributed by atoms with E-state index in [1.54, 1.807) is 18.2 Å². The normalized spacial score (nSPS) is 12.1. The molecule has 0 spiro atoms. The Balaban J connectivity index is 2.66. The molecule has 15 heavy (non-hydrogen) atoms. The molecule has 0 aliphatic heterocycles. The van der Waals surface area contributed by atoms with E-state index in [2.05, 4.69) is 0 Å². The Hall–Kier alpha value is -1.58. The van der Waals surface area contributed by atoms with Crippen LogP contribution < -0.4 is 5.73 Å². The number of amides is 1. The van der Waals surface area contributed by atoms with Crippen LogP contribution in [0.1, 0.15) is 18.9 Å². The molecule has 0 fully saturated rings. The van der Waals surface area contributed by atoms with E-state index in [1.807, 2.05) is 6.92 Å². The van der Waals surface area contributed by atoms with Crippen molar-refractivity contribution in [1.29, 1.82) is 0 Å². The topological polar surface area (TPSA) is 52.3 Å². The first-order valence-corrected chi connectivity index (χ1v) is 4.83. The van der Waals surface area contributed by atoms with Gasteiger partial charge in [0.05, 0.1) is 0 Å². The van der Waals surface area contributed by atoms with Crippen LogP contribution in [0.25, 0.3) is 0 Å². The summed E-state index contributed by atoms with van der Waals surface area (Å²) in [6, 6.07) is 6.42. The minimum absolute atomic E-state index is 0.288. The van der Waals surface area contributed by atoms with Crippen LogP contribution in [-0.2, 0) is 11.2 Å². The maximum atomic E-state index is 13.3. The summed E-state index contributed by atoms with van der Waals surface area (Å²) >= 11 is 0. The maximum absolute atomic E-state index is 13.3. The zero-order chi connectivity index (χ0) is 11.3. The monoisotopic (exact) mass is 211 g/mol. The molecule has 0 aliphatic rings. The number of primary amides is 1. The molecule has 3 nitrogen and oxygen atoms in total. The van der Waals surface area contributed by atoms with Crippen LogP contribution >= 0.6 is 0 Å².